The summed E-state index contributed by atoms with van der Waals surface area (Å²) in [5, 5.41) is 8.59. The summed E-state index contributed by atoms with van der Waals surface area (Å²) in [5.41, 5.74) is 0. The van der Waals surface area contributed by atoms with Crippen molar-refractivity contribution in [3.63, 3.8) is 0 Å². The Labute approximate surface area is 174 Å². The first-order chi connectivity index (χ1) is 9.11. The molecule has 0 bridgehead atoms. The van der Waals surface area contributed by atoms with Crippen LogP contribution >= 0.6 is 0 Å². The van der Waals surface area contributed by atoms with Crippen LogP contribution in [-0.2, 0) is 9.59 Å². The first-order valence-corrected chi connectivity index (χ1v) is 7.87. The van der Waals surface area contributed by atoms with Crippen LogP contribution in [0.25, 0.3) is 0 Å². The van der Waals surface area contributed by atoms with Crippen LogP contribution in [0.2, 0.25) is 0 Å². The molecule has 0 aliphatic rings. The number of hydrogen-bond acceptors (Lipinski definition) is 2. The van der Waals surface area contributed by atoms with Crippen LogP contribution in [0.1, 0.15) is 85.9 Å². The van der Waals surface area contributed by atoms with Gasteiger partial charge in [0, 0.05) is 6.42 Å². The van der Waals surface area contributed by atoms with Gasteiger partial charge in [-0.3, -0.25) is 4.79 Å². The third-order valence-corrected chi connectivity index (χ3v) is 3.76. The minimum atomic E-state index is -1.28. The van der Waals surface area contributed by atoms with Gasteiger partial charge in [0.2, 0.25) is 5.78 Å². The first-order valence-electron chi connectivity index (χ1n) is 7.87. The summed E-state index contributed by atoms with van der Waals surface area (Å²) in [7, 11) is 0. The second-order valence-electron chi connectivity index (χ2n) is 5.47. The standard InChI is InChI=1S/C16H30O3.Rb.H/c1-3-5-6-7-8-9-10-11-12-14(4-2)13-15(17)16(18)19;;/h14H,3-13H2,1-2H3,(H,18,19);;/q;+1;-1. The van der Waals surface area contributed by atoms with E-state index in [2.05, 4.69) is 6.92 Å². The van der Waals surface area contributed by atoms with Crippen LogP contribution in [0, 0.1) is 5.92 Å². The number of aliphatic carboxylic acids is 1. The van der Waals surface area contributed by atoms with Gasteiger partial charge in [-0.15, -0.1) is 0 Å². The summed E-state index contributed by atoms with van der Waals surface area (Å²) in [4.78, 5) is 21.7. The Bertz CT molecular complexity index is 260. The molecular weight excluding hydrogens is 326 g/mol. The summed E-state index contributed by atoms with van der Waals surface area (Å²) >= 11 is 0. The molecule has 0 amide bonds. The zero-order chi connectivity index (χ0) is 14.5. The molecule has 114 valence electrons. The third-order valence-electron chi connectivity index (χ3n) is 3.76. The van der Waals surface area contributed by atoms with Gasteiger partial charge < -0.3 is 6.53 Å². The van der Waals surface area contributed by atoms with E-state index in [4.69, 9.17) is 5.11 Å². The minimum Gasteiger partial charge on any atom is -1.00 e. The molecule has 1 atom stereocenters. The molecule has 0 aromatic heterocycles. The first kappa shape index (κ1) is 23.2. The molecule has 0 aliphatic carbocycles. The molecule has 4 heteroatoms. The van der Waals surface area contributed by atoms with E-state index in [1.807, 2.05) is 6.92 Å². The monoisotopic (exact) mass is 356 g/mol. The topological polar surface area (TPSA) is 54.4 Å². The van der Waals surface area contributed by atoms with Crippen molar-refractivity contribution in [3.8, 4) is 0 Å². The van der Waals surface area contributed by atoms with Crippen LogP contribution in [0.4, 0.5) is 0 Å². The Kier molecular flexibility index (Phi) is 18.9. The number of Topliss-reactive ketones (excluding diaryl/α,β-unsaturated/α-hetero) is 1. The van der Waals surface area contributed by atoms with E-state index in [0.29, 0.717) is 0 Å². The van der Waals surface area contributed by atoms with Crippen LogP contribution in [-0.4, -0.2) is 16.9 Å². The number of ketones is 1. The predicted molar refractivity (Wildman–Crippen MR) is 79.4 cm³/mol. The smallest absolute Gasteiger partial charge is 1.00 e. The number of carboxylic acid groups (broad SMARTS) is 1. The molecule has 1 N–H and O–H groups in total. The van der Waals surface area contributed by atoms with Gasteiger partial charge in [-0.1, -0.05) is 78.1 Å². The summed E-state index contributed by atoms with van der Waals surface area (Å²) in [6, 6.07) is 0. The number of unbranched alkanes of at least 4 members (excludes halogenated alkanes) is 7. The fourth-order valence-electron chi connectivity index (χ4n) is 2.37. The Morgan fingerprint density at radius 2 is 1.45 bits per heavy atom. The molecule has 0 radical (unpaired) electrons. The van der Waals surface area contributed by atoms with Gasteiger partial charge in [0.25, 0.3) is 0 Å². The van der Waals surface area contributed by atoms with Crippen molar-refractivity contribution >= 4 is 11.8 Å². The van der Waals surface area contributed by atoms with E-state index >= 15 is 0 Å². The van der Waals surface area contributed by atoms with Crippen LogP contribution in [0.3, 0.4) is 0 Å². The second-order valence-corrected chi connectivity index (χ2v) is 5.47. The molecule has 20 heavy (non-hydrogen) atoms. The van der Waals surface area contributed by atoms with Crippen LogP contribution in [0.5, 0.6) is 0 Å². The third kappa shape index (κ3) is 13.9. The van der Waals surface area contributed by atoms with E-state index in [9.17, 15) is 9.59 Å². The van der Waals surface area contributed by atoms with Crippen molar-refractivity contribution in [2.75, 3.05) is 0 Å². The van der Waals surface area contributed by atoms with E-state index < -0.39 is 11.8 Å². The largest absolute Gasteiger partial charge is 1.00 e. The van der Waals surface area contributed by atoms with Crippen molar-refractivity contribution in [1.29, 1.82) is 0 Å². The Balaban J connectivity index is -0.00000162. The fraction of sp³-hybridized carbons (Fsp3) is 0.875. The predicted octanol–water partition coefficient (Wildman–Crippen LogP) is 1.70. The summed E-state index contributed by atoms with van der Waals surface area (Å²) in [6.45, 7) is 4.26. The second kappa shape index (κ2) is 16.3. The van der Waals surface area contributed by atoms with Gasteiger partial charge in [0.15, 0.2) is 0 Å². The van der Waals surface area contributed by atoms with Gasteiger partial charge >= 0.3 is 64.2 Å². The summed E-state index contributed by atoms with van der Waals surface area (Å²) in [5.74, 6) is -1.66. The molecular formula is C16H31O3Rb. The van der Waals surface area contributed by atoms with E-state index in [1.54, 1.807) is 0 Å². The Morgan fingerprint density at radius 1 is 0.950 bits per heavy atom. The van der Waals surface area contributed by atoms with Gasteiger partial charge in [0.05, 0.1) is 0 Å². The number of hydrogen-bond donors (Lipinski definition) is 1. The Morgan fingerprint density at radius 3 is 1.90 bits per heavy atom. The molecule has 0 aliphatic heterocycles. The average Bonchev–Trinajstić information content (AvgIpc) is 2.39. The molecule has 0 rings (SSSR count). The molecule has 3 nitrogen and oxygen atoms in total. The molecule has 0 saturated heterocycles. The normalized spacial score (nSPS) is 11.7. The van der Waals surface area contributed by atoms with Gasteiger partial charge in [-0.05, 0) is 5.92 Å². The van der Waals surface area contributed by atoms with Crippen molar-refractivity contribution < 1.29 is 74.3 Å². The van der Waals surface area contributed by atoms with Gasteiger partial charge in [-0.25, -0.2) is 4.79 Å². The number of rotatable bonds is 13. The van der Waals surface area contributed by atoms with Crippen LogP contribution < -0.4 is 58.2 Å². The Hall–Kier alpha value is 0.945. The molecule has 0 saturated carbocycles. The number of carbonyl (C=O) groups is 2. The summed E-state index contributed by atoms with van der Waals surface area (Å²) < 4.78 is 0. The zero-order valence-electron chi connectivity index (χ0n) is 14.6. The van der Waals surface area contributed by atoms with E-state index in [0.717, 1.165) is 19.3 Å². The number of carbonyl (C=O) groups excluding carboxylic acids is 1. The SMILES string of the molecule is CCCCCCCCCCC(CC)CC(=O)C(=O)O.[H-].[Rb+]. The number of carboxylic acids is 1. The molecule has 0 spiro atoms. The minimum absolute atomic E-state index is 0. The van der Waals surface area contributed by atoms with Gasteiger partial charge in [0.1, 0.15) is 0 Å². The van der Waals surface area contributed by atoms with Crippen molar-refractivity contribution in [3.05, 3.63) is 0 Å². The molecule has 0 aromatic rings. The molecule has 0 fully saturated rings. The quantitative estimate of drug-likeness (QED) is 0.404. The molecule has 0 heterocycles. The van der Waals surface area contributed by atoms with Gasteiger partial charge in [-0.2, -0.15) is 0 Å². The average molecular weight is 357 g/mol. The molecule has 0 aromatic carbocycles. The fourth-order valence-corrected chi connectivity index (χ4v) is 2.37. The zero-order valence-corrected chi connectivity index (χ0v) is 18.5. The van der Waals surface area contributed by atoms with E-state index in [-0.39, 0.29) is 72.0 Å². The van der Waals surface area contributed by atoms with Crippen molar-refractivity contribution in [2.24, 2.45) is 5.92 Å². The summed E-state index contributed by atoms with van der Waals surface area (Å²) in [6.07, 6.45) is 12.3. The maximum absolute atomic E-state index is 11.1. The maximum atomic E-state index is 11.1. The van der Waals surface area contributed by atoms with Crippen LogP contribution in [0.15, 0.2) is 0 Å². The van der Waals surface area contributed by atoms with Crippen molar-refractivity contribution in [2.45, 2.75) is 84.5 Å². The van der Waals surface area contributed by atoms with E-state index in [1.165, 1.54) is 44.9 Å². The van der Waals surface area contributed by atoms with Crippen molar-refractivity contribution in [1.82, 2.24) is 0 Å². The maximum Gasteiger partial charge on any atom is 1.00 e. The molecule has 1 unspecified atom stereocenters.